The fraction of sp³-hybridized carbons (Fsp3) is 0.375. The first-order chi connectivity index (χ1) is 8.33. The van der Waals surface area contributed by atoms with Crippen LogP contribution in [0.1, 0.15) is 12.8 Å². The van der Waals surface area contributed by atoms with E-state index >= 15 is 0 Å². The molecule has 0 aliphatic carbocycles. The number of H-pyrrole nitrogens is 1. The van der Waals surface area contributed by atoms with Gasteiger partial charge in [0.05, 0.1) is 12.5 Å². The fourth-order valence-electron chi connectivity index (χ4n) is 1.16. The molecule has 1 amide bonds. The van der Waals surface area contributed by atoms with Gasteiger partial charge >= 0.3 is 5.97 Å². The number of primary amides is 1. The van der Waals surface area contributed by atoms with Gasteiger partial charge in [0.15, 0.2) is 5.03 Å². The topological polar surface area (TPSA) is 155 Å². The van der Waals surface area contributed by atoms with Gasteiger partial charge in [-0.2, -0.15) is 4.72 Å². The van der Waals surface area contributed by atoms with Gasteiger partial charge < -0.3 is 15.8 Å². The van der Waals surface area contributed by atoms with Crippen molar-refractivity contribution in [1.29, 1.82) is 0 Å². The third-order valence-electron chi connectivity index (χ3n) is 2.04. The number of rotatable bonds is 7. The molecule has 0 spiro atoms. The highest BCUT2D eigenvalue weighted by Gasteiger charge is 2.26. The summed E-state index contributed by atoms with van der Waals surface area (Å²) in [6.45, 7) is 0. The Bertz CT molecular complexity index is 524. The third kappa shape index (κ3) is 3.82. The lowest BCUT2D eigenvalue weighted by Crippen LogP contribution is -2.41. The van der Waals surface area contributed by atoms with Gasteiger partial charge in [-0.3, -0.25) is 9.59 Å². The predicted octanol–water partition coefficient (Wildman–Crippen LogP) is -1.59. The lowest BCUT2D eigenvalue weighted by atomic mass is 10.2. The number of amides is 1. The number of nitrogens with zero attached hydrogens (tertiary/aromatic N) is 1. The van der Waals surface area contributed by atoms with E-state index in [-0.39, 0.29) is 17.9 Å². The number of aromatic amines is 1. The molecular formula is C8H12N4O5S. The molecule has 9 nitrogen and oxygen atoms in total. The molecule has 0 fully saturated rings. The molecule has 0 bridgehead atoms. The van der Waals surface area contributed by atoms with Crippen molar-refractivity contribution in [2.45, 2.75) is 23.9 Å². The monoisotopic (exact) mass is 276 g/mol. The summed E-state index contributed by atoms with van der Waals surface area (Å²) < 4.78 is 25.3. The van der Waals surface area contributed by atoms with Crippen LogP contribution in [0.4, 0.5) is 0 Å². The first-order valence-corrected chi connectivity index (χ1v) is 6.33. The van der Waals surface area contributed by atoms with Gasteiger partial charge in [-0.1, -0.05) is 0 Å². The minimum Gasteiger partial charge on any atom is -0.480 e. The number of nitrogens with two attached hydrogens (primary N) is 1. The van der Waals surface area contributed by atoms with Crippen LogP contribution in [0.2, 0.25) is 0 Å². The second-order valence-corrected chi connectivity index (χ2v) is 5.12. The van der Waals surface area contributed by atoms with Crippen molar-refractivity contribution in [3.05, 3.63) is 12.5 Å². The van der Waals surface area contributed by atoms with Crippen LogP contribution in [-0.2, 0) is 19.6 Å². The Balaban J connectivity index is 2.78. The first kappa shape index (κ1) is 14.1. The summed E-state index contributed by atoms with van der Waals surface area (Å²) in [6, 6.07) is -1.43. The van der Waals surface area contributed by atoms with Crippen LogP contribution < -0.4 is 10.5 Å². The Hall–Kier alpha value is -1.94. The van der Waals surface area contributed by atoms with Crippen molar-refractivity contribution in [3.8, 4) is 0 Å². The molecule has 0 radical (unpaired) electrons. The molecule has 1 heterocycles. The molecule has 0 unspecified atom stereocenters. The second kappa shape index (κ2) is 5.60. The molecule has 0 aliphatic heterocycles. The summed E-state index contributed by atoms with van der Waals surface area (Å²) in [4.78, 5) is 27.3. The molecule has 0 saturated heterocycles. The van der Waals surface area contributed by atoms with Crippen LogP contribution in [0.15, 0.2) is 17.6 Å². The maximum Gasteiger partial charge on any atom is 0.321 e. The maximum atomic E-state index is 11.7. The molecule has 10 heteroatoms. The van der Waals surface area contributed by atoms with Gasteiger partial charge in [-0.25, -0.2) is 13.4 Å². The summed E-state index contributed by atoms with van der Waals surface area (Å²) in [5.74, 6) is -2.10. The Morgan fingerprint density at radius 2 is 2.22 bits per heavy atom. The van der Waals surface area contributed by atoms with E-state index in [1.54, 1.807) is 0 Å². The summed E-state index contributed by atoms with van der Waals surface area (Å²) in [6.07, 6.45) is 1.73. The summed E-state index contributed by atoms with van der Waals surface area (Å²) in [5, 5.41) is 8.59. The zero-order chi connectivity index (χ0) is 13.8. The number of carboxylic acids is 1. The Labute approximate surface area is 102 Å². The maximum absolute atomic E-state index is 11.7. The molecule has 1 rings (SSSR count). The molecule has 0 saturated carbocycles. The first-order valence-electron chi connectivity index (χ1n) is 4.85. The van der Waals surface area contributed by atoms with Crippen LogP contribution in [0.3, 0.4) is 0 Å². The number of hydrogen-bond acceptors (Lipinski definition) is 5. The van der Waals surface area contributed by atoms with Crippen LogP contribution in [-0.4, -0.2) is 41.4 Å². The molecular weight excluding hydrogens is 264 g/mol. The number of carboxylic acid groups (broad SMARTS) is 1. The largest absolute Gasteiger partial charge is 0.480 e. The highest BCUT2D eigenvalue weighted by molar-refractivity contribution is 7.89. The molecule has 5 N–H and O–H groups in total. The number of aliphatic carboxylic acids is 1. The predicted molar refractivity (Wildman–Crippen MR) is 58.8 cm³/mol. The van der Waals surface area contributed by atoms with E-state index in [1.165, 1.54) is 0 Å². The quantitative estimate of drug-likeness (QED) is 0.470. The summed E-state index contributed by atoms with van der Waals surface area (Å²) in [7, 11) is -4.01. The molecule has 0 aliphatic rings. The second-order valence-electron chi connectivity index (χ2n) is 3.43. The van der Waals surface area contributed by atoms with E-state index in [1.807, 2.05) is 4.72 Å². The zero-order valence-corrected chi connectivity index (χ0v) is 9.98. The molecule has 1 aromatic heterocycles. The van der Waals surface area contributed by atoms with E-state index in [4.69, 9.17) is 10.8 Å². The van der Waals surface area contributed by atoms with Gasteiger partial charge in [0.25, 0.3) is 10.0 Å². The van der Waals surface area contributed by atoms with Crippen molar-refractivity contribution in [1.82, 2.24) is 14.7 Å². The number of sulfonamides is 1. The average Bonchev–Trinajstić information content (AvgIpc) is 2.77. The summed E-state index contributed by atoms with van der Waals surface area (Å²) >= 11 is 0. The zero-order valence-electron chi connectivity index (χ0n) is 9.16. The number of hydrogen-bond donors (Lipinski definition) is 4. The van der Waals surface area contributed by atoms with Gasteiger partial charge in [0.1, 0.15) is 6.04 Å². The molecule has 1 aromatic rings. The van der Waals surface area contributed by atoms with E-state index in [0.29, 0.717) is 0 Å². The van der Waals surface area contributed by atoms with E-state index < -0.39 is 27.9 Å². The minimum absolute atomic E-state index is 0.224. The van der Waals surface area contributed by atoms with Gasteiger partial charge in [-0.15, -0.1) is 0 Å². The van der Waals surface area contributed by atoms with E-state index in [0.717, 1.165) is 12.5 Å². The SMILES string of the molecule is NC(=O)CC[C@@H](NS(=O)(=O)c1cnc[nH]1)C(=O)O. The standard InChI is InChI=1S/C8H12N4O5S/c9-6(13)2-1-5(8(14)15)12-18(16,17)7-3-10-4-11-7/h3-5,12H,1-2H2,(H2,9,13)(H,10,11)(H,14,15)/t5-/m1/s1. The fourth-order valence-corrected chi connectivity index (χ4v) is 2.29. The number of aromatic nitrogens is 2. The highest BCUT2D eigenvalue weighted by atomic mass is 32.2. The van der Waals surface area contributed by atoms with Crippen molar-refractivity contribution in [2.24, 2.45) is 5.73 Å². The van der Waals surface area contributed by atoms with Gasteiger partial charge in [0.2, 0.25) is 5.91 Å². The van der Waals surface area contributed by atoms with Crippen LogP contribution in [0, 0.1) is 0 Å². The summed E-state index contributed by atoms with van der Waals surface area (Å²) in [5.41, 5.74) is 4.87. The van der Waals surface area contributed by atoms with Crippen molar-refractivity contribution < 1.29 is 23.1 Å². The number of imidazole rings is 1. The molecule has 18 heavy (non-hydrogen) atoms. The lowest BCUT2D eigenvalue weighted by molar-refractivity contribution is -0.139. The van der Waals surface area contributed by atoms with Crippen molar-refractivity contribution in [3.63, 3.8) is 0 Å². The van der Waals surface area contributed by atoms with Gasteiger partial charge in [0, 0.05) is 6.42 Å². The Morgan fingerprint density at radius 1 is 1.56 bits per heavy atom. The van der Waals surface area contributed by atoms with Gasteiger partial charge in [-0.05, 0) is 6.42 Å². The van der Waals surface area contributed by atoms with Crippen LogP contribution in [0.5, 0.6) is 0 Å². The normalized spacial score (nSPS) is 13.1. The highest BCUT2D eigenvalue weighted by Crippen LogP contribution is 2.06. The van der Waals surface area contributed by atoms with Crippen molar-refractivity contribution in [2.75, 3.05) is 0 Å². The number of nitrogens with one attached hydrogen (secondary N) is 2. The number of carbonyl (C=O) groups excluding carboxylic acids is 1. The van der Waals surface area contributed by atoms with E-state index in [9.17, 15) is 18.0 Å². The number of carbonyl (C=O) groups is 2. The molecule has 1 atom stereocenters. The smallest absolute Gasteiger partial charge is 0.321 e. The minimum atomic E-state index is -4.01. The Morgan fingerprint density at radius 3 is 2.67 bits per heavy atom. The van der Waals surface area contributed by atoms with Crippen LogP contribution >= 0.6 is 0 Å². The molecule has 100 valence electrons. The lowest BCUT2D eigenvalue weighted by Gasteiger charge is -2.12. The average molecular weight is 276 g/mol. The Kier molecular flexibility index (Phi) is 4.39. The molecule has 0 aromatic carbocycles. The van der Waals surface area contributed by atoms with Crippen LogP contribution in [0.25, 0.3) is 0 Å². The third-order valence-corrected chi connectivity index (χ3v) is 3.43. The van der Waals surface area contributed by atoms with E-state index in [2.05, 4.69) is 9.97 Å². The van der Waals surface area contributed by atoms with Crippen molar-refractivity contribution >= 4 is 21.9 Å².